The van der Waals surface area contributed by atoms with Gasteiger partial charge in [0.15, 0.2) is 0 Å². The van der Waals surface area contributed by atoms with Gasteiger partial charge in [0.25, 0.3) is 0 Å². The number of aliphatic hydroxyl groups is 3. The minimum Gasteiger partial charge on any atom is -0.481 e. The highest BCUT2D eigenvalue weighted by Crippen LogP contribution is 2.36. The van der Waals surface area contributed by atoms with Crippen molar-refractivity contribution in [3.63, 3.8) is 0 Å². The number of alkyl halides is 1. The summed E-state index contributed by atoms with van der Waals surface area (Å²) in [5.74, 6) is -0.852. The Hall–Kier alpha value is -0.880. The second-order valence-electron chi connectivity index (χ2n) is 7.70. The Labute approximate surface area is 167 Å². The molecular formula is C21H35ClO5. The third-order valence-electron chi connectivity index (χ3n) is 5.35. The van der Waals surface area contributed by atoms with Gasteiger partial charge in [-0.05, 0) is 38.0 Å². The third kappa shape index (κ3) is 8.77. The zero-order valence-electron chi connectivity index (χ0n) is 16.3. The number of hydrogen-bond donors (Lipinski definition) is 4. The van der Waals surface area contributed by atoms with Crippen molar-refractivity contribution in [3.05, 3.63) is 24.3 Å². The van der Waals surface area contributed by atoms with Gasteiger partial charge in [-0.1, -0.05) is 44.1 Å². The lowest BCUT2D eigenvalue weighted by atomic mass is 9.88. The van der Waals surface area contributed by atoms with Crippen molar-refractivity contribution in [2.24, 2.45) is 11.8 Å². The van der Waals surface area contributed by atoms with E-state index in [9.17, 15) is 20.1 Å². The minimum absolute atomic E-state index is 0.0771. The van der Waals surface area contributed by atoms with Gasteiger partial charge in [0, 0.05) is 18.8 Å². The second kappa shape index (κ2) is 12.6. The molecule has 0 bridgehead atoms. The lowest BCUT2D eigenvalue weighted by Crippen LogP contribution is -2.30. The van der Waals surface area contributed by atoms with Crippen LogP contribution in [-0.2, 0) is 4.79 Å². The summed E-state index contributed by atoms with van der Waals surface area (Å²) in [5, 5.41) is 39.7. The normalized spacial score (nSPS) is 28.2. The van der Waals surface area contributed by atoms with Crippen LogP contribution in [0.4, 0.5) is 0 Å². The van der Waals surface area contributed by atoms with E-state index in [-0.39, 0.29) is 24.1 Å². The summed E-state index contributed by atoms with van der Waals surface area (Å²) in [6.07, 6.45) is 12.0. The SMILES string of the molecule is CCCCC(O)(CCl)CC=C[C@@H]1[C@@H](CC=CCCCC(=O)O)[C@H](O)C[C@H]1O. The number of carbonyl (C=O) groups is 1. The van der Waals surface area contributed by atoms with Crippen LogP contribution >= 0.6 is 11.6 Å². The van der Waals surface area contributed by atoms with E-state index in [2.05, 4.69) is 6.92 Å². The van der Waals surface area contributed by atoms with Gasteiger partial charge in [0.1, 0.15) is 0 Å². The molecule has 0 aliphatic heterocycles. The molecular weight excluding hydrogens is 368 g/mol. The molecule has 0 amide bonds. The van der Waals surface area contributed by atoms with Gasteiger partial charge in [0.05, 0.1) is 23.7 Å². The largest absolute Gasteiger partial charge is 0.481 e. The monoisotopic (exact) mass is 402 g/mol. The van der Waals surface area contributed by atoms with E-state index in [1.54, 1.807) is 0 Å². The zero-order chi connectivity index (χ0) is 20.3. The number of halogens is 1. The molecule has 0 aromatic rings. The molecule has 0 radical (unpaired) electrons. The van der Waals surface area contributed by atoms with Crippen LogP contribution in [0.3, 0.4) is 0 Å². The van der Waals surface area contributed by atoms with Crippen molar-refractivity contribution in [1.82, 2.24) is 0 Å². The number of carboxylic acid groups (broad SMARTS) is 1. The Morgan fingerprint density at radius 3 is 2.56 bits per heavy atom. The Morgan fingerprint density at radius 1 is 1.19 bits per heavy atom. The summed E-state index contributed by atoms with van der Waals surface area (Å²) in [6, 6.07) is 0. The molecule has 1 fully saturated rings. The van der Waals surface area contributed by atoms with Gasteiger partial charge in [-0.2, -0.15) is 0 Å². The van der Waals surface area contributed by atoms with Crippen LogP contribution in [-0.4, -0.2) is 50.1 Å². The van der Waals surface area contributed by atoms with E-state index in [1.165, 1.54) is 0 Å². The van der Waals surface area contributed by atoms with Crippen molar-refractivity contribution < 1.29 is 25.2 Å². The Bertz CT molecular complexity index is 493. The quantitative estimate of drug-likeness (QED) is 0.214. The Balaban J connectivity index is 2.57. The second-order valence-corrected chi connectivity index (χ2v) is 7.97. The summed E-state index contributed by atoms with van der Waals surface area (Å²) in [5.41, 5.74) is -0.921. The van der Waals surface area contributed by atoms with Crippen LogP contribution in [0.1, 0.15) is 64.7 Å². The summed E-state index contributed by atoms with van der Waals surface area (Å²) >= 11 is 5.93. The van der Waals surface area contributed by atoms with Gasteiger partial charge < -0.3 is 20.4 Å². The molecule has 0 saturated heterocycles. The standard InChI is InChI=1S/C21H35ClO5/c1-2-3-12-21(27,15-22)13-8-10-17-16(18(23)14-19(17)24)9-6-4-5-7-11-20(25)26/h4,6,8,10,16-19,23-24,27H,2-3,5,7,9,11-15H2,1H3,(H,25,26)/t16-,17-,18-,19-,21?/m1/s1. The van der Waals surface area contributed by atoms with Crippen molar-refractivity contribution >= 4 is 17.6 Å². The van der Waals surface area contributed by atoms with E-state index >= 15 is 0 Å². The zero-order valence-corrected chi connectivity index (χ0v) is 17.0. The fourth-order valence-electron chi connectivity index (χ4n) is 3.62. The molecule has 1 aliphatic carbocycles. The summed E-state index contributed by atoms with van der Waals surface area (Å²) in [4.78, 5) is 10.5. The highest BCUT2D eigenvalue weighted by atomic mass is 35.5. The molecule has 156 valence electrons. The molecule has 0 spiro atoms. The van der Waals surface area contributed by atoms with E-state index in [0.29, 0.717) is 38.5 Å². The number of aliphatic carboxylic acids is 1. The highest BCUT2D eigenvalue weighted by Gasteiger charge is 2.39. The molecule has 1 saturated carbocycles. The van der Waals surface area contributed by atoms with Gasteiger partial charge in [-0.15, -0.1) is 11.6 Å². The molecule has 6 heteroatoms. The smallest absolute Gasteiger partial charge is 0.303 e. The van der Waals surface area contributed by atoms with Crippen LogP contribution in [0, 0.1) is 11.8 Å². The van der Waals surface area contributed by atoms with E-state index in [0.717, 1.165) is 12.8 Å². The average Bonchev–Trinajstić information content (AvgIpc) is 2.89. The summed E-state index contributed by atoms with van der Waals surface area (Å²) in [7, 11) is 0. The maximum Gasteiger partial charge on any atom is 0.303 e. The van der Waals surface area contributed by atoms with Crippen LogP contribution in [0.15, 0.2) is 24.3 Å². The lowest BCUT2D eigenvalue weighted by molar-refractivity contribution is -0.137. The predicted molar refractivity (Wildman–Crippen MR) is 108 cm³/mol. The number of aliphatic hydroxyl groups excluding tert-OH is 2. The number of allylic oxidation sites excluding steroid dienone is 2. The summed E-state index contributed by atoms with van der Waals surface area (Å²) in [6.45, 7) is 2.07. The first-order chi connectivity index (χ1) is 12.8. The van der Waals surface area contributed by atoms with E-state index in [1.807, 2.05) is 24.3 Å². The number of rotatable bonds is 13. The first-order valence-corrected chi connectivity index (χ1v) is 10.5. The maximum absolute atomic E-state index is 10.5. The first-order valence-electron chi connectivity index (χ1n) is 10.0. The molecule has 5 atom stereocenters. The Kier molecular flexibility index (Phi) is 11.2. The van der Waals surface area contributed by atoms with E-state index in [4.69, 9.17) is 16.7 Å². The molecule has 1 aliphatic rings. The lowest BCUT2D eigenvalue weighted by Gasteiger charge is -2.25. The minimum atomic E-state index is -0.921. The van der Waals surface area contributed by atoms with Gasteiger partial charge >= 0.3 is 5.97 Å². The van der Waals surface area contributed by atoms with E-state index < -0.39 is 23.8 Å². The number of hydrogen-bond acceptors (Lipinski definition) is 4. The predicted octanol–water partition coefficient (Wildman–Crippen LogP) is 3.65. The molecule has 1 rings (SSSR count). The first kappa shape index (κ1) is 24.2. The third-order valence-corrected chi connectivity index (χ3v) is 5.85. The highest BCUT2D eigenvalue weighted by molar-refractivity contribution is 6.18. The molecule has 0 aromatic heterocycles. The fourth-order valence-corrected chi connectivity index (χ4v) is 3.87. The Morgan fingerprint density at radius 2 is 1.93 bits per heavy atom. The topological polar surface area (TPSA) is 98.0 Å². The van der Waals surface area contributed by atoms with Gasteiger partial charge in [-0.3, -0.25) is 4.79 Å². The molecule has 0 aromatic carbocycles. The van der Waals surface area contributed by atoms with Crippen molar-refractivity contribution in [2.45, 2.75) is 82.5 Å². The molecule has 5 nitrogen and oxygen atoms in total. The van der Waals surface area contributed by atoms with Crippen molar-refractivity contribution in [3.8, 4) is 0 Å². The molecule has 1 unspecified atom stereocenters. The van der Waals surface area contributed by atoms with Crippen LogP contribution in [0.25, 0.3) is 0 Å². The van der Waals surface area contributed by atoms with Gasteiger partial charge in [0.2, 0.25) is 0 Å². The van der Waals surface area contributed by atoms with Crippen molar-refractivity contribution in [1.29, 1.82) is 0 Å². The number of unbranched alkanes of at least 4 members (excludes halogenated alkanes) is 2. The maximum atomic E-state index is 10.5. The van der Waals surface area contributed by atoms with Gasteiger partial charge in [-0.25, -0.2) is 0 Å². The fraction of sp³-hybridized carbons (Fsp3) is 0.762. The van der Waals surface area contributed by atoms with Crippen LogP contribution in [0.5, 0.6) is 0 Å². The average molecular weight is 403 g/mol. The van der Waals surface area contributed by atoms with Crippen LogP contribution < -0.4 is 0 Å². The van der Waals surface area contributed by atoms with Crippen molar-refractivity contribution in [2.75, 3.05) is 5.88 Å². The summed E-state index contributed by atoms with van der Waals surface area (Å²) < 4.78 is 0. The molecule has 27 heavy (non-hydrogen) atoms. The van der Waals surface area contributed by atoms with Crippen LogP contribution in [0.2, 0.25) is 0 Å². The number of carboxylic acids is 1. The molecule has 0 heterocycles. The molecule has 4 N–H and O–H groups in total.